The average Bonchev–Trinajstić information content (AvgIpc) is 3.21. The van der Waals surface area contributed by atoms with Gasteiger partial charge in [-0.2, -0.15) is 13.2 Å². The van der Waals surface area contributed by atoms with Crippen LogP contribution in [0.15, 0.2) is 53.9 Å². The van der Waals surface area contributed by atoms with Crippen molar-refractivity contribution in [2.24, 2.45) is 0 Å². The number of nitrogens with zero attached hydrogens (tertiary/aromatic N) is 3. The van der Waals surface area contributed by atoms with Gasteiger partial charge in [0, 0.05) is 12.4 Å². The number of alkyl halides is 3. The van der Waals surface area contributed by atoms with Crippen molar-refractivity contribution in [2.45, 2.75) is 11.1 Å². The minimum Gasteiger partial charge on any atom is -0.343 e. The van der Waals surface area contributed by atoms with Gasteiger partial charge in [0.05, 0.1) is 43.6 Å². The average molecular weight is 516 g/mol. The predicted octanol–water partition coefficient (Wildman–Crippen LogP) is 4.71. The van der Waals surface area contributed by atoms with Crippen molar-refractivity contribution in [3.63, 3.8) is 0 Å². The van der Waals surface area contributed by atoms with E-state index in [-0.39, 0.29) is 27.6 Å². The number of hydrogen-bond donors (Lipinski definition) is 2. The number of fused-ring (bicyclic) bond motifs is 1. The van der Waals surface area contributed by atoms with E-state index in [4.69, 9.17) is 23.2 Å². The first-order valence-corrected chi connectivity index (χ1v) is 11.1. The van der Waals surface area contributed by atoms with Gasteiger partial charge in [-0.1, -0.05) is 23.2 Å². The van der Waals surface area contributed by atoms with Gasteiger partial charge in [-0.15, -0.1) is 0 Å². The van der Waals surface area contributed by atoms with Crippen LogP contribution in [0.1, 0.15) is 21.6 Å². The number of H-pyrrole nitrogens is 1. The number of anilines is 1. The molecule has 33 heavy (non-hydrogen) atoms. The molecule has 3 aromatic heterocycles. The third kappa shape index (κ3) is 4.49. The minimum absolute atomic E-state index is 0.0160. The number of imidazole rings is 1. The molecule has 0 saturated heterocycles. The lowest BCUT2D eigenvalue weighted by molar-refractivity contribution is -0.137. The summed E-state index contributed by atoms with van der Waals surface area (Å²) >= 11 is 11.5. The Balaban J connectivity index is 1.78. The first kappa shape index (κ1) is 23.0. The van der Waals surface area contributed by atoms with Crippen LogP contribution in [0.2, 0.25) is 10.0 Å². The molecule has 4 rings (SSSR count). The van der Waals surface area contributed by atoms with Crippen molar-refractivity contribution in [1.29, 1.82) is 0 Å². The van der Waals surface area contributed by atoms with E-state index in [9.17, 15) is 26.4 Å². The number of pyridine rings is 2. The Morgan fingerprint density at radius 2 is 1.82 bits per heavy atom. The second-order valence-electron chi connectivity index (χ2n) is 6.58. The van der Waals surface area contributed by atoms with E-state index >= 15 is 0 Å². The van der Waals surface area contributed by atoms with Gasteiger partial charge in [0.1, 0.15) is 5.69 Å². The topological polar surface area (TPSA) is 118 Å². The van der Waals surface area contributed by atoms with Crippen molar-refractivity contribution in [3.05, 3.63) is 75.9 Å². The van der Waals surface area contributed by atoms with E-state index in [1.54, 1.807) is 0 Å². The molecule has 8 nitrogen and oxygen atoms in total. The summed E-state index contributed by atoms with van der Waals surface area (Å²) in [5, 5.41) is -0.680. The molecule has 0 radical (unpaired) electrons. The summed E-state index contributed by atoms with van der Waals surface area (Å²) in [6.45, 7) is 0. The molecule has 1 aromatic carbocycles. The number of carbonyl (C=O) groups is 1. The maximum Gasteiger partial charge on any atom is 0.417 e. The van der Waals surface area contributed by atoms with E-state index in [1.165, 1.54) is 18.6 Å². The smallest absolute Gasteiger partial charge is 0.343 e. The molecule has 14 heteroatoms. The Kier molecular flexibility index (Phi) is 5.76. The summed E-state index contributed by atoms with van der Waals surface area (Å²) in [4.78, 5) is 27.1. The largest absolute Gasteiger partial charge is 0.417 e. The standard InChI is InChI=1S/C19H10Cl2F3N5O3S/c20-9-5-14(29-33(31,32)10-1-2-13(21)12(6-10)19(22,23)24)16(26-7-9)17(30)11-3-4-25-18-15(11)27-8-28-18/h1-8,29H,(H,25,27,28). The van der Waals surface area contributed by atoms with Crippen LogP contribution < -0.4 is 4.72 Å². The van der Waals surface area contributed by atoms with Crippen LogP contribution in [0.25, 0.3) is 11.2 Å². The maximum absolute atomic E-state index is 13.2. The SMILES string of the molecule is O=C(c1ncc(Cl)cc1NS(=O)(=O)c1ccc(Cl)c(C(F)(F)F)c1)c1ccnc2nc[nH]c12. The van der Waals surface area contributed by atoms with Crippen molar-refractivity contribution in [1.82, 2.24) is 19.9 Å². The van der Waals surface area contributed by atoms with E-state index in [0.717, 1.165) is 24.4 Å². The lowest BCUT2D eigenvalue weighted by atomic mass is 10.1. The Morgan fingerprint density at radius 1 is 1.06 bits per heavy atom. The van der Waals surface area contributed by atoms with Gasteiger partial charge in [0.15, 0.2) is 5.65 Å². The fourth-order valence-electron chi connectivity index (χ4n) is 2.96. The first-order valence-electron chi connectivity index (χ1n) is 8.85. The number of aromatic nitrogens is 4. The molecule has 2 N–H and O–H groups in total. The van der Waals surface area contributed by atoms with Crippen molar-refractivity contribution >= 4 is 55.9 Å². The van der Waals surface area contributed by atoms with Gasteiger partial charge in [-0.25, -0.2) is 23.4 Å². The van der Waals surface area contributed by atoms with E-state index in [1.807, 2.05) is 0 Å². The fourth-order valence-corrected chi connectivity index (χ4v) is 4.42. The summed E-state index contributed by atoms with van der Waals surface area (Å²) in [5.41, 5.74) is -1.36. The Hall–Kier alpha value is -3.22. The van der Waals surface area contributed by atoms with Crippen molar-refractivity contribution < 1.29 is 26.4 Å². The number of halogens is 5. The highest BCUT2D eigenvalue weighted by molar-refractivity contribution is 7.92. The Bertz CT molecular complexity index is 1510. The van der Waals surface area contributed by atoms with Crippen LogP contribution >= 0.6 is 23.2 Å². The number of ketones is 1. The number of hydrogen-bond acceptors (Lipinski definition) is 6. The number of benzene rings is 1. The van der Waals surface area contributed by atoms with Crippen molar-refractivity contribution in [2.75, 3.05) is 4.72 Å². The molecule has 0 saturated carbocycles. The van der Waals surface area contributed by atoms with E-state index in [0.29, 0.717) is 11.6 Å². The third-order valence-electron chi connectivity index (χ3n) is 4.44. The number of nitrogens with one attached hydrogen (secondary N) is 2. The molecular formula is C19H10Cl2F3N5O3S. The third-order valence-corrected chi connectivity index (χ3v) is 6.34. The quantitative estimate of drug-likeness (QED) is 0.371. The zero-order valence-electron chi connectivity index (χ0n) is 16.0. The molecule has 0 unspecified atom stereocenters. The molecule has 0 atom stereocenters. The molecular weight excluding hydrogens is 506 g/mol. The van der Waals surface area contributed by atoms with Gasteiger partial charge in [0.25, 0.3) is 10.0 Å². The molecule has 0 amide bonds. The number of aromatic amines is 1. The molecule has 170 valence electrons. The van der Waals surface area contributed by atoms with E-state index < -0.39 is 37.5 Å². The van der Waals surface area contributed by atoms with Crippen LogP contribution in [-0.4, -0.2) is 34.1 Å². The molecule has 0 aliphatic heterocycles. The zero-order chi connectivity index (χ0) is 24.0. The molecule has 3 heterocycles. The van der Waals surface area contributed by atoms with Gasteiger partial charge < -0.3 is 4.98 Å². The second kappa shape index (κ2) is 8.28. The minimum atomic E-state index is -4.88. The monoisotopic (exact) mass is 515 g/mol. The van der Waals surface area contributed by atoms with Crippen LogP contribution in [0.5, 0.6) is 0 Å². The predicted molar refractivity (Wildman–Crippen MR) is 114 cm³/mol. The van der Waals surface area contributed by atoms with E-state index in [2.05, 4.69) is 24.7 Å². The van der Waals surface area contributed by atoms with Crippen molar-refractivity contribution in [3.8, 4) is 0 Å². The number of sulfonamides is 1. The second-order valence-corrected chi connectivity index (χ2v) is 9.11. The lowest BCUT2D eigenvalue weighted by Gasteiger charge is -2.14. The van der Waals surface area contributed by atoms with Gasteiger partial charge in [-0.05, 0) is 30.3 Å². The van der Waals surface area contributed by atoms with Crippen LogP contribution in [-0.2, 0) is 16.2 Å². The normalized spacial score (nSPS) is 12.2. The summed E-state index contributed by atoms with van der Waals surface area (Å²) in [6.07, 6.45) is -1.09. The first-order chi connectivity index (χ1) is 15.5. The molecule has 0 aliphatic rings. The zero-order valence-corrected chi connectivity index (χ0v) is 18.3. The van der Waals surface area contributed by atoms with Gasteiger partial charge >= 0.3 is 6.18 Å². The fraction of sp³-hybridized carbons (Fsp3) is 0.0526. The van der Waals surface area contributed by atoms with Gasteiger partial charge in [-0.3, -0.25) is 9.52 Å². The maximum atomic E-state index is 13.2. The summed E-state index contributed by atoms with van der Waals surface area (Å²) in [6, 6.07) is 4.60. The highest BCUT2D eigenvalue weighted by Gasteiger charge is 2.35. The van der Waals surface area contributed by atoms with Gasteiger partial charge in [0.2, 0.25) is 5.78 Å². The molecule has 4 aromatic rings. The lowest BCUT2D eigenvalue weighted by Crippen LogP contribution is -2.18. The molecule has 0 aliphatic carbocycles. The summed E-state index contributed by atoms with van der Waals surface area (Å²) < 4.78 is 67.3. The summed E-state index contributed by atoms with van der Waals surface area (Å²) in [5.74, 6) is -0.701. The van der Waals surface area contributed by atoms with Crippen LogP contribution in [0.3, 0.4) is 0 Å². The Morgan fingerprint density at radius 3 is 2.55 bits per heavy atom. The molecule has 0 spiro atoms. The Labute approximate surface area is 193 Å². The number of rotatable bonds is 5. The number of carbonyl (C=O) groups excluding carboxylic acids is 1. The van der Waals surface area contributed by atoms with Crippen LogP contribution in [0.4, 0.5) is 18.9 Å². The highest BCUT2D eigenvalue weighted by atomic mass is 35.5. The molecule has 0 bridgehead atoms. The van der Waals surface area contributed by atoms with Crippen LogP contribution in [0, 0.1) is 0 Å². The molecule has 0 fully saturated rings. The summed E-state index contributed by atoms with van der Waals surface area (Å²) in [7, 11) is -4.59. The highest BCUT2D eigenvalue weighted by Crippen LogP contribution is 2.36.